The first-order valence-corrected chi connectivity index (χ1v) is 5.16. The summed E-state index contributed by atoms with van der Waals surface area (Å²) in [4.78, 5) is 0. The third kappa shape index (κ3) is 1.85. The Kier molecular flexibility index (Phi) is 2.93. The van der Waals surface area contributed by atoms with E-state index in [-0.39, 0.29) is 10.6 Å². The van der Waals surface area contributed by atoms with Gasteiger partial charge >= 0.3 is 0 Å². The molecule has 2 rings (SSSR count). The van der Waals surface area contributed by atoms with Crippen LogP contribution in [0.1, 0.15) is 12.5 Å². The maximum atomic E-state index is 13.5. The average molecular weight is 228 g/mol. The molecule has 0 aliphatic carbocycles. The van der Waals surface area contributed by atoms with Crippen LogP contribution in [0, 0.1) is 5.82 Å². The minimum absolute atomic E-state index is 0.0897. The van der Waals surface area contributed by atoms with Gasteiger partial charge in [0.2, 0.25) is 0 Å². The highest BCUT2D eigenvalue weighted by Crippen LogP contribution is 2.28. The van der Waals surface area contributed by atoms with Crippen LogP contribution in [0.25, 0.3) is 11.0 Å². The zero-order chi connectivity index (χ0) is 10.8. The second-order valence-corrected chi connectivity index (χ2v) is 3.69. The summed E-state index contributed by atoms with van der Waals surface area (Å²) in [5.41, 5.74) is 1.18. The van der Waals surface area contributed by atoms with Crippen molar-refractivity contribution < 1.29 is 8.81 Å². The number of fused-ring (bicyclic) bond motifs is 1. The van der Waals surface area contributed by atoms with E-state index in [1.54, 1.807) is 18.4 Å². The van der Waals surface area contributed by atoms with E-state index in [0.717, 1.165) is 17.5 Å². The van der Waals surface area contributed by atoms with Crippen LogP contribution in [0.3, 0.4) is 0 Å². The molecule has 2 nitrogen and oxygen atoms in total. The van der Waals surface area contributed by atoms with Gasteiger partial charge in [0.1, 0.15) is 0 Å². The van der Waals surface area contributed by atoms with Crippen LogP contribution in [-0.2, 0) is 6.54 Å². The molecular weight excluding hydrogens is 217 g/mol. The van der Waals surface area contributed by atoms with Crippen LogP contribution in [0.4, 0.5) is 4.39 Å². The smallest absolute Gasteiger partial charge is 0.184 e. The van der Waals surface area contributed by atoms with E-state index in [1.165, 1.54) is 0 Å². The van der Waals surface area contributed by atoms with E-state index < -0.39 is 5.82 Å². The molecule has 0 radical (unpaired) electrons. The van der Waals surface area contributed by atoms with Gasteiger partial charge in [-0.15, -0.1) is 0 Å². The molecule has 0 amide bonds. The van der Waals surface area contributed by atoms with E-state index in [9.17, 15) is 4.39 Å². The highest BCUT2D eigenvalue weighted by Gasteiger charge is 2.12. The molecule has 4 heteroatoms. The largest absolute Gasteiger partial charge is 0.461 e. The van der Waals surface area contributed by atoms with Crippen molar-refractivity contribution >= 4 is 22.6 Å². The van der Waals surface area contributed by atoms with E-state index in [0.29, 0.717) is 6.54 Å². The normalized spacial score (nSPS) is 11.1. The second kappa shape index (κ2) is 4.21. The zero-order valence-electron chi connectivity index (χ0n) is 8.31. The van der Waals surface area contributed by atoms with Gasteiger partial charge in [0.05, 0.1) is 11.3 Å². The first kappa shape index (κ1) is 10.5. The lowest BCUT2D eigenvalue weighted by molar-refractivity contribution is 0.556. The number of furan rings is 1. The molecule has 2 aromatic rings. The Hall–Kier alpha value is -1.06. The molecule has 0 atom stereocenters. The molecule has 0 spiro atoms. The molecule has 15 heavy (non-hydrogen) atoms. The topological polar surface area (TPSA) is 25.2 Å². The minimum Gasteiger partial charge on any atom is -0.461 e. The van der Waals surface area contributed by atoms with Crippen molar-refractivity contribution in [2.45, 2.75) is 13.5 Å². The Morgan fingerprint density at radius 1 is 1.47 bits per heavy atom. The number of hydrogen-bond donors (Lipinski definition) is 1. The summed E-state index contributed by atoms with van der Waals surface area (Å²) in [6.45, 7) is 3.55. The van der Waals surface area contributed by atoms with Crippen molar-refractivity contribution in [1.29, 1.82) is 0 Å². The second-order valence-electron chi connectivity index (χ2n) is 3.28. The number of rotatable bonds is 3. The Morgan fingerprint density at radius 3 is 3.00 bits per heavy atom. The van der Waals surface area contributed by atoms with Crippen molar-refractivity contribution in [3.05, 3.63) is 34.8 Å². The minimum atomic E-state index is -0.489. The van der Waals surface area contributed by atoms with Crippen molar-refractivity contribution in [1.82, 2.24) is 5.32 Å². The van der Waals surface area contributed by atoms with Gasteiger partial charge in [0.25, 0.3) is 0 Å². The van der Waals surface area contributed by atoms with Gasteiger partial charge in [0.15, 0.2) is 11.4 Å². The molecule has 1 heterocycles. The molecule has 0 aliphatic heterocycles. The quantitative estimate of drug-likeness (QED) is 0.870. The molecule has 1 N–H and O–H groups in total. The van der Waals surface area contributed by atoms with Crippen molar-refractivity contribution in [3.63, 3.8) is 0 Å². The lowest BCUT2D eigenvalue weighted by Crippen LogP contribution is -2.11. The molecule has 0 unspecified atom stereocenters. The summed E-state index contributed by atoms with van der Waals surface area (Å²) >= 11 is 5.65. The fourth-order valence-electron chi connectivity index (χ4n) is 1.49. The van der Waals surface area contributed by atoms with Gasteiger partial charge in [-0.1, -0.05) is 18.5 Å². The number of halogens is 2. The molecule has 1 aromatic carbocycles. The lowest BCUT2D eigenvalue weighted by Gasteiger charge is -1.99. The van der Waals surface area contributed by atoms with Crippen LogP contribution in [0.2, 0.25) is 5.02 Å². The molecule has 80 valence electrons. The lowest BCUT2D eigenvalue weighted by atomic mass is 10.1. The van der Waals surface area contributed by atoms with Gasteiger partial charge in [-0.2, -0.15) is 0 Å². The monoisotopic (exact) mass is 227 g/mol. The number of nitrogens with one attached hydrogen (secondary N) is 1. The molecule has 0 bridgehead atoms. The molecule has 0 saturated heterocycles. The molecular formula is C11H11ClFNO. The van der Waals surface area contributed by atoms with Crippen LogP contribution < -0.4 is 5.32 Å². The average Bonchev–Trinajstić information content (AvgIpc) is 2.64. The standard InChI is InChI=1S/C11H11ClFNO/c1-2-14-5-7-6-15-11-8(7)3-4-9(12)10(11)13/h3-4,6,14H,2,5H2,1H3. The van der Waals surface area contributed by atoms with E-state index in [4.69, 9.17) is 16.0 Å². The van der Waals surface area contributed by atoms with Crippen LogP contribution in [-0.4, -0.2) is 6.54 Å². The van der Waals surface area contributed by atoms with Crippen molar-refractivity contribution in [2.24, 2.45) is 0 Å². The SMILES string of the molecule is CCNCc1coc2c(F)c(Cl)ccc12. The zero-order valence-corrected chi connectivity index (χ0v) is 9.07. The van der Waals surface area contributed by atoms with E-state index in [1.807, 2.05) is 6.92 Å². The summed E-state index contributed by atoms with van der Waals surface area (Å²) in [5.74, 6) is -0.489. The molecule has 1 aromatic heterocycles. The first-order chi connectivity index (χ1) is 7.24. The van der Waals surface area contributed by atoms with Gasteiger partial charge in [-0.25, -0.2) is 4.39 Å². The highest BCUT2D eigenvalue weighted by atomic mass is 35.5. The number of hydrogen-bond acceptors (Lipinski definition) is 2. The summed E-state index contributed by atoms with van der Waals surface area (Å²) in [5, 5.41) is 4.03. The molecule has 0 saturated carbocycles. The predicted molar refractivity (Wildman–Crippen MR) is 58.6 cm³/mol. The van der Waals surface area contributed by atoms with Crippen LogP contribution >= 0.6 is 11.6 Å². The third-order valence-corrected chi connectivity index (χ3v) is 2.57. The Balaban J connectivity index is 2.47. The van der Waals surface area contributed by atoms with Crippen LogP contribution in [0.5, 0.6) is 0 Å². The fraction of sp³-hybridized carbons (Fsp3) is 0.273. The Morgan fingerprint density at radius 2 is 2.27 bits per heavy atom. The molecule has 0 aliphatic rings. The molecule has 0 fully saturated rings. The summed E-state index contributed by atoms with van der Waals surface area (Å²) in [6.07, 6.45) is 1.56. The van der Waals surface area contributed by atoms with E-state index >= 15 is 0 Å². The summed E-state index contributed by atoms with van der Waals surface area (Å²) < 4.78 is 18.6. The van der Waals surface area contributed by atoms with Gasteiger partial charge in [-0.05, 0) is 18.7 Å². The van der Waals surface area contributed by atoms with Crippen molar-refractivity contribution in [3.8, 4) is 0 Å². The highest BCUT2D eigenvalue weighted by molar-refractivity contribution is 6.31. The summed E-state index contributed by atoms with van der Waals surface area (Å²) in [7, 11) is 0. The maximum Gasteiger partial charge on any atom is 0.184 e. The Bertz CT molecular complexity index is 481. The third-order valence-electron chi connectivity index (χ3n) is 2.28. The maximum absolute atomic E-state index is 13.5. The van der Waals surface area contributed by atoms with Crippen LogP contribution in [0.15, 0.2) is 22.8 Å². The van der Waals surface area contributed by atoms with E-state index in [2.05, 4.69) is 5.32 Å². The van der Waals surface area contributed by atoms with Gasteiger partial charge in [-0.3, -0.25) is 0 Å². The summed E-state index contributed by atoms with van der Waals surface area (Å²) in [6, 6.07) is 3.32. The van der Waals surface area contributed by atoms with Gasteiger partial charge in [0, 0.05) is 17.5 Å². The first-order valence-electron chi connectivity index (χ1n) is 4.78. The number of benzene rings is 1. The fourth-order valence-corrected chi connectivity index (χ4v) is 1.64. The van der Waals surface area contributed by atoms with Crippen molar-refractivity contribution in [2.75, 3.05) is 6.54 Å². The Labute approximate surface area is 92.0 Å². The predicted octanol–water partition coefficient (Wildman–Crippen LogP) is 3.33. The van der Waals surface area contributed by atoms with Gasteiger partial charge < -0.3 is 9.73 Å².